The lowest BCUT2D eigenvalue weighted by molar-refractivity contribution is -0.129. The molecule has 0 radical (unpaired) electrons. The lowest BCUT2D eigenvalue weighted by atomic mass is 10.2. The zero-order chi connectivity index (χ0) is 15.1. The second-order valence-corrected chi connectivity index (χ2v) is 4.69. The molecule has 6 nitrogen and oxygen atoms in total. The number of hydrogen-bond donors (Lipinski definition) is 2. The number of nitrogens with one attached hydrogen (secondary N) is 1. The number of nitrogens with zero attached hydrogens (tertiary/aromatic N) is 2. The topological polar surface area (TPSA) is 82.5 Å². The highest BCUT2D eigenvalue weighted by Gasteiger charge is 2.18. The number of aromatic nitrogens is 1. The molecule has 1 fully saturated rings. The number of aliphatic hydroxyl groups excluding tert-OH is 1. The van der Waals surface area contributed by atoms with Crippen molar-refractivity contribution >= 4 is 11.8 Å². The van der Waals surface area contributed by atoms with Gasteiger partial charge in [0.2, 0.25) is 5.91 Å². The van der Waals surface area contributed by atoms with Gasteiger partial charge in [-0.1, -0.05) is 11.8 Å². The van der Waals surface area contributed by atoms with Crippen LogP contribution in [0.15, 0.2) is 18.5 Å². The van der Waals surface area contributed by atoms with Crippen LogP contribution in [0.25, 0.3) is 0 Å². The monoisotopic (exact) mass is 287 g/mol. The number of rotatable bonds is 3. The molecule has 0 spiro atoms. The summed E-state index contributed by atoms with van der Waals surface area (Å²) in [7, 11) is 0. The van der Waals surface area contributed by atoms with Crippen LogP contribution in [0, 0.1) is 11.8 Å². The number of aliphatic hydroxyl groups is 1. The van der Waals surface area contributed by atoms with Crippen molar-refractivity contribution in [2.45, 2.75) is 12.8 Å². The molecule has 1 aliphatic heterocycles. The molecule has 0 aromatic carbocycles. The Kier molecular flexibility index (Phi) is 5.29. The van der Waals surface area contributed by atoms with Gasteiger partial charge in [-0.3, -0.25) is 14.6 Å². The molecule has 1 aromatic rings. The van der Waals surface area contributed by atoms with Gasteiger partial charge in [-0.05, 0) is 18.9 Å². The van der Waals surface area contributed by atoms with Gasteiger partial charge in [0.05, 0.1) is 12.1 Å². The lowest BCUT2D eigenvalue weighted by Crippen LogP contribution is -2.38. The van der Waals surface area contributed by atoms with E-state index in [0.717, 1.165) is 25.9 Å². The molecule has 0 aliphatic carbocycles. The van der Waals surface area contributed by atoms with Gasteiger partial charge in [-0.25, -0.2) is 0 Å². The van der Waals surface area contributed by atoms with E-state index < -0.39 is 0 Å². The summed E-state index contributed by atoms with van der Waals surface area (Å²) in [4.78, 5) is 29.5. The maximum Gasteiger partial charge on any atom is 0.253 e. The summed E-state index contributed by atoms with van der Waals surface area (Å²) in [5.74, 6) is 4.75. The van der Waals surface area contributed by atoms with Gasteiger partial charge in [-0.15, -0.1) is 0 Å². The number of likely N-dealkylation sites (tertiary alicyclic amines) is 1. The average molecular weight is 287 g/mol. The highest BCUT2D eigenvalue weighted by atomic mass is 16.2. The maximum atomic E-state index is 12.0. The molecule has 0 unspecified atom stereocenters. The van der Waals surface area contributed by atoms with Crippen molar-refractivity contribution < 1.29 is 14.7 Å². The molecule has 6 heteroatoms. The first kappa shape index (κ1) is 15.0. The summed E-state index contributed by atoms with van der Waals surface area (Å²) in [5, 5.41) is 11.2. The maximum absolute atomic E-state index is 12.0. The minimum absolute atomic E-state index is 0.00855. The molecular weight excluding hydrogens is 270 g/mol. The van der Waals surface area contributed by atoms with Crippen molar-refractivity contribution in [1.82, 2.24) is 15.2 Å². The molecule has 0 saturated carbocycles. The summed E-state index contributed by atoms with van der Waals surface area (Å²) in [6.07, 6.45) is 4.97. The van der Waals surface area contributed by atoms with E-state index in [-0.39, 0.29) is 25.0 Å². The van der Waals surface area contributed by atoms with Crippen LogP contribution >= 0.6 is 0 Å². The van der Waals surface area contributed by atoms with Crippen LogP contribution in [0.4, 0.5) is 0 Å². The van der Waals surface area contributed by atoms with E-state index in [2.05, 4.69) is 22.1 Å². The van der Waals surface area contributed by atoms with Crippen molar-refractivity contribution in [2.75, 3.05) is 26.2 Å². The summed E-state index contributed by atoms with van der Waals surface area (Å²) >= 11 is 0. The third-order valence-corrected chi connectivity index (χ3v) is 3.17. The van der Waals surface area contributed by atoms with Crippen molar-refractivity contribution in [3.8, 4) is 11.8 Å². The predicted molar refractivity (Wildman–Crippen MR) is 76.3 cm³/mol. The molecular formula is C15H17N3O3. The molecule has 2 heterocycles. The van der Waals surface area contributed by atoms with Gasteiger partial charge in [-0.2, -0.15) is 0 Å². The first-order chi connectivity index (χ1) is 10.2. The highest BCUT2D eigenvalue weighted by Crippen LogP contribution is 2.07. The molecule has 0 bridgehead atoms. The second kappa shape index (κ2) is 7.41. The molecule has 110 valence electrons. The van der Waals surface area contributed by atoms with Crippen LogP contribution in [0.1, 0.15) is 28.8 Å². The molecule has 1 aromatic heterocycles. The van der Waals surface area contributed by atoms with Crippen molar-refractivity contribution in [1.29, 1.82) is 0 Å². The van der Waals surface area contributed by atoms with E-state index in [4.69, 9.17) is 5.11 Å². The van der Waals surface area contributed by atoms with Crippen LogP contribution in [0.5, 0.6) is 0 Å². The van der Waals surface area contributed by atoms with E-state index in [0.29, 0.717) is 11.1 Å². The summed E-state index contributed by atoms with van der Waals surface area (Å²) in [6, 6.07) is 1.57. The number of pyridine rings is 1. The minimum atomic E-state index is -0.359. The second-order valence-electron chi connectivity index (χ2n) is 4.69. The van der Waals surface area contributed by atoms with E-state index >= 15 is 0 Å². The van der Waals surface area contributed by atoms with Crippen LogP contribution in [-0.2, 0) is 4.79 Å². The van der Waals surface area contributed by atoms with Crippen LogP contribution in [-0.4, -0.2) is 53.0 Å². The summed E-state index contributed by atoms with van der Waals surface area (Å²) < 4.78 is 0. The van der Waals surface area contributed by atoms with Crippen molar-refractivity contribution in [3.63, 3.8) is 0 Å². The zero-order valence-corrected chi connectivity index (χ0v) is 11.6. The van der Waals surface area contributed by atoms with E-state index in [1.807, 2.05) is 0 Å². The van der Waals surface area contributed by atoms with Gasteiger partial charge in [0.25, 0.3) is 5.91 Å². The summed E-state index contributed by atoms with van der Waals surface area (Å²) in [5.41, 5.74) is 0.886. The lowest BCUT2D eigenvalue weighted by Gasteiger charge is -2.15. The SMILES string of the molecule is O=C(NCC(=O)N1CCCC1)c1cncc(C#CCO)c1. The molecule has 1 saturated heterocycles. The Hall–Kier alpha value is -2.39. The Morgan fingerprint density at radius 2 is 2.10 bits per heavy atom. The Labute approximate surface area is 123 Å². The fraction of sp³-hybridized carbons (Fsp3) is 0.400. The molecule has 2 amide bonds. The first-order valence-electron chi connectivity index (χ1n) is 6.81. The van der Waals surface area contributed by atoms with Gasteiger partial charge in [0.15, 0.2) is 0 Å². The largest absolute Gasteiger partial charge is 0.384 e. The fourth-order valence-electron chi connectivity index (χ4n) is 2.11. The smallest absolute Gasteiger partial charge is 0.253 e. The standard InChI is InChI=1S/C15H17N3O3/c19-7-3-4-12-8-13(10-16-9-12)15(21)17-11-14(20)18-5-1-2-6-18/h8-10,19H,1-2,5-7,11H2,(H,17,21). The predicted octanol–water partition coefficient (Wildman–Crippen LogP) is -0.222. The Morgan fingerprint density at radius 3 is 2.81 bits per heavy atom. The Morgan fingerprint density at radius 1 is 1.33 bits per heavy atom. The van der Waals surface area contributed by atoms with E-state index in [9.17, 15) is 9.59 Å². The normalized spacial score (nSPS) is 13.5. The third-order valence-electron chi connectivity index (χ3n) is 3.17. The quantitative estimate of drug-likeness (QED) is 0.753. The Bertz CT molecular complexity index is 583. The zero-order valence-electron chi connectivity index (χ0n) is 11.6. The molecule has 21 heavy (non-hydrogen) atoms. The van der Waals surface area contributed by atoms with Crippen LogP contribution < -0.4 is 5.32 Å². The number of hydrogen-bond acceptors (Lipinski definition) is 4. The molecule has 2 rings (SSSR count). The number of amides is 2. The van der Waals surface area contributed by atoms with E-state index in [1.165, 1.54) is 12.4 Å². The highest BCUT2D eigenvalue weighted by molar-refractivity contribution is 5.96. The molecule has 2 N–H and O–H groups in total. The third kappa shape index (κ3) is 4.29. The first-order valence-corrected chi connectivity index (χ1v) is 6.81. The van der Waals surface area contributed by atoms with Crippen molar-refractivity contribution in [3.05, 3.63) is 29.6 Å². The van der Waals surface area contributed by atoms with E-state index in [1.54, 1.807) is 11.0 Å². The number of carbonyl (C=O) groups excluding carboxylic acids is 2. The van der Waals surface area contributed by atoms with Gasteiger partial charge in [0.1, 0.15) is 6.61 Å². The molecule has 1 aliphatic rings. The average Bonchev–Trinajstić information content (AvgIpc) is 3.05. The number of carbonyl (C=O) groups is 2. The van der Waals surface area contributed by atoms with Crippen LogP contribution in [0.2, 0.25) is 0 Å². The Balaban J connectivity index is 1.92. The fourth-order valence-corrected chi connectivity index (χ4v) is 2.11. The minimum Gasteiger partial charge on any atom is -0.384 e. The van der Waals surface area contributed by atoms with Crippen LogP contribution in [0.3, 0.4) is 0 Å². The molecule has 0 atom stereocenters. The van der Waals surface area contributed by atoms with Crippen molar-refractivity contribution in [2.24, 2.45) is 0 Å². The van der Waals surface area contributed by atoms with Gasteiger partial charge >= 0.3 is 0 Å². The van der Waals surface area contributed by atoms with Gasteiger partial charge in [0, 0.05) is 31.0 Å². The summed E-state index contributed by atoms with van der Waals surface area (Å²) in [6.45, 7) is 1.27. The van der Waals surface area contributed by atoms with Gasteiger partial charge < -0.3 is 15.3 Å².